The summed E-state index contributed by atoms with van der Waals surface area (Å²) >= 11 is 0. The Kier molecular flexibility index (Phi) is 9.01. The number of nitrogens with zero attached hydrogens (tertiary/aromatic N) is 1. The minimum atomic E-state index is -1.91. The first-order valence-electron chi connectivity index (χ1n) is 16.1. The number of rotatable bonds is 10. The van der Waals surface area contributed by atoms with Gasteiger partial charge in [0.15, 0.2) is 6.10 Å². The van der Waals surface area contributed by atoms with Gasteiger partial charge in [-0.25, -0.2) is 4.79 Å². The van der Waals surface area contributed by atoms with E-state index >= 15 is 9.00 Å². The van der Waals surface area contributed by atoms with E-state index in [2.05, 4.69) is 14.6 Å². The molecule has 2 aliphatic heterocycles. The van der Waals surface area contributed by atoms with Gasteiger partial charge in [0.1, 0.15) is 22.2 Å². The molecular weight excluding hydrogens is 651 g/mol. The van der Waals surface area contributed by atoms with Gasteiger partial charge in [0, 0.05) is 0 Å². The number of carbonyl (C=O) groups is 3. The Hall–Kier alpha value is -4.91. The lowest BCUT2D eigenvalue weighted by Gasteiger charge is -2.65. The third-order valence-corrected chi connectivity index (χ3v) is 12.9. The van der Waals surface area contributed by atoms with Crippen LogP contribution in [0, 0.1) is 0 Å². The van der Waals surface area contributed by atoms with E-state index in [0.717, 1.165) is 27.8 Å². The maximum atomic E-state index is 15.7. The summed E-state index contributed by atoms with van der Waals surface area (Å²) in [6.45, 7) is 0. The van der Waals surface area contributed by atoms with Crippen molar-refractivity contribution in [1.82, 2.24) is 10.2 Å². The van der Waals surface area contributed by atoms with Crippen LogP contribution in [-0.4, -0.2) is 51.0 Å². The Bertz CT molecular complexity index is 1890. The van der Waals surface area contributed by atoms with Gasteiger partial charge >= 0.3 is 5.97 Å². The third-order valence-electron chi connectivity index (χ3n) is 9.86. The second kappa shape index (κ2) is 13.5. The van der Waals surface area contributed by atoms with Gasteiger partial charge in [0.05, 0.1) is 16.2 Å². The fraction of sp³-hybridized carbons (Fsp3) is 0.175. The van der Waals surface area contributed by atoms with Gasteiger partial charge in [-0.15, -0.1) is 9.24 Å². The van der Waals surface area contributed by atoms with E-state index in [9.17, 15) is 9.59 Å². The molecule has 0 aromatic heterocycles. The molecule has 49 heavy (non-hydrogen) atoms. The molecule has 0 radical (unpaired) electrons. The van der Waals surface area contributed by atoms with Crippen molar-refractivity contribution in [1.29, 1.82) is 0 Å². The molecule has 0 spiro atoms. The van der Waals surface area contributed by atoms with E-state index in [1.54, 1.807) is 0 Å². The van der Waals surface area contributed by atoms with E-state index in [1.807, 2.05) is 152 Å². The van der Waals surface area contributed by atoms with Gasteiger partial charge in [-0.1, -0.05) is 152 Å². The molecule has 2 amide bonds. The van der Waals surface area contributed by atoms with Gasteiger partial charge in [0.25, 0.3) is 0 Å². The summed E-state index contributed by atoms with van der Waals surface area (Å²) in [4.78, 5) is 42.7. The number of benzene rings is 5. The molecule has 7 rings (SSSR count). The van der Waals surface area contributed by atoms with Crippen molar-refractivity contribution in [2.75, 3.05) is 6.16 Å². The summed E-state index contributed by atoms with van der Waals surface area (Å²) in [6.07, 6.45) is -0.107. The van der Waals surface area contributed by atoms with Crippen molar-refractivity contribution in [3.8, 4) is 0 Å². The molecule has 6 atom stereocenters. The highest BCUT2D eigenvalue weighted by Crippen LogP contribution is 2.61. The van der Waals surface area contributed by atoms with Gasteiger partial charge in [0.2, 0.25) is 12.3 Å². The zero-order chi connectivity index (χ0) is 34.0. The van der Waals surface area contributed by atoms with Crippen molar-refractivity contribution in [2.45, 2.75) is 33.7 Å². The molecule has 0 bridgehead atoms. The van der Waals surface area contributed by atoms with E-state index in [0.29, 0.717) is 6.41 Å². The third kappa shape index (κ3) is 5.04. The Balaban J connectivity index is 1.54. The van der Waals surface area contributed by atoms with E-state index in [4.69, 9.17) is 4.74 Å². The minimum absolute atomic E-state index is 0.232. The van der Waals surface area contributed by atoms with Crippen LogP contribution in [0.15, 0.2) is 152 Å². The van der Waals surface area contributed by atoms with E-state index in [-0.39, 0.29) is 6.16 Å². The summed E-state index contributed by atoms with van der Waals surface area (Å²) in [6, 6.07) is 45.2. The van der Waals surface area contributed by atoms with Gasteiger partial charge in [-0.05, 0) is 34.0 Å². The fourth-order valence-electron chi connectivity index (χ4n) is 7.81. The van der Waals surface area contributed by atoms with Crippen molar-refractivity contribution >= 4 is 38.3 Å². The van der Waals surface area contributed by atoms with Crippen molar-refractivity contribution in [2.24, 2.45) is 0 Å². The largest absolute Gasteiger partial charge is 0.451 e. The SMILES string of the molecule is O=CN[C@@H]1C(=O)N2C(C(=O)OC(c3ccccc3)c3ccccc3)C(CP)(c3ccccc3)C(c3ccccc3)(c3ccccc3)[S@](=O)[C@H]12. The van der Waals surface area contributed by atoms with Gasteiger partial charge in [-0.3, -0.25) is 13.8 Å². The average Bonchev–Trinajstić information content (AvgIpc) is 3.17. The quantitative estimate of drug-likeness (QED) is 0.0909. The van der Waals surface area contributed by atoms with Crippen LogP contribution >= 0.6 is 9.24 Å². The van der Waals surface area contributed by atoms with Crippen LogP contribution in [0.25, 0.3) is 0 Å². The Labute approximate surface area is 290 Å². The number of esters is 1. The van der Waals surface area contributed by atoms with Crippen molar-refractivity contribution in [3.05, 3.63) is 179 Å². The maximum absolute atomic E-state index is 15.7. The summed E-state index contributed by atoms with van der Waals surface area (Å²) in [7, 11) is 0.902. The predicted octanol–water partition coefficient (Wildman–Crippen LogP) is 5.49. The molecule has 0 aliphatic carbocycles. The second-order valence-electron chi connectivity index (χ2n) is 12.2. The van der Waals surface area contributed by atoms with Crippen LogP contribution < -0.4 is 5.32 Å². The Morgan fingerprint density at radius 2 is 1.18 bits per heavy atom. The molecule has 246 valence electrons. The molecule has 0 saturated carbocycles. The summed E-state index contributed by atoms with van der Waals surface area (Å²) in [5, 5.41) is 1.60. The van der Waals surface area contributed by atoms with Crippen LogP contribution in [0.1, 0.15) is 33.9 Å². The van der Waals surface area contributed by atoms with Gasteiger partial charge in [-0.2, -0.15) is 0 Å². The highest BCUT2D eigenvalue weighted by molar-refractivity contribution is 7.87. The van der Waals surface area contributed by atoms with Crippen LogP contribution in [0.2, 0.25) is 0 Å². The fourth-order valence-corrected chi connectivity index (χ4v) is 11.4. The maximum Gasteiger partial charge on any atom is 0.330 e. The molecule has 1 N–H and O–H groups in total. The minimum Gasteiger partial charge on any atom is -0.451 e. The van der Waals surface area contributed by atoms with E-state index < -0.39 is 56.4 Å². The molecular formula is C40H35N2O5PS. The first-order valence-corrected chi connectivity index (χ1v) is 18.1. The second-order valence-corrected chi connectivity index (χ2v) is 14.3. The number of amides is 2. The van der Waals surface area contributed by atoms with Crippen molar-refractivity contribution in [3.63, 3.8) is 0 Å². The van der Waals surface area contributed by atoms with Crippen LogP contribution in [0.3, 0.4) is 0 Å². The number of fused-ring (bicyclic) bond motifs is 1. The van der Waals surface area contributed by atoms with Crippen LogP contribution in [-0.2, 0) is 40.1 Å². The molecule has 5 aromatic rings. The Morgan fingerprint density at radius 1 is 0.755 bits per heavy atom. The average molecular weight is 687 g/mol. The first-order chi connectivity index (χ1) is 24.0. The number of nitrogens with one attached hydrogen (secondary N) is 1. The van der Waals surface area contributed by atoms with Crippen LogP contribution in [0.5, 0.6) is 0 Å². The number of hydrogen-bond donors (Lipinski definition) is 1. The molecule has 9 heteroatoms. The molecule has 5 aromatic carbocycles. The monoisotopic (exact) mass is 686 g/mol. The lowest BCUT2D eigenvalue weighted by molar-refractivity contribution is -0.173. The molecule has 2 fully saturated rings. The smallest absolute Gasteiger partial charge is 0.330 e. The number of β-lactam (4-membered cyclic amide) rings is 1. The number of carbonyl (C=O) groups excluding carboxylic acids is 3. The first kappa shape index (κ1) is 32.6. The lowest BCUT2D eigenvalue weighted by atomic mass is 9.59. The number of ether oxygens (including phenoxy) is 1. The standard InChI is InChI=1S/C40H35N2O5PS/c43-27-41-33-36(44)42-35(38(45)47-34(28-16-6-1-7-17-28)29-18-8-2-9-19-29)39(26-48,30-20-10-3-11-21-30)40(49(46)37(33)42,31-22-12-4-13-23-31)32-24-14-5-15-25-32/h1-25,27,33-35,37H,26,48H2,(H,41,43)/t33-,35?,37-,39?,49-/m1/s1. The predicted molar refractivity (Wildman–Crippen MR) is 193 cm³/mol. The number of hydrogen-bond acceptors (Lipinski definition) is 5. The molecule has 3 unspecified atom stereocenters. The zero-order valence-electron chi connectivity index (χ0n) is 26.5. The normalized spacial score (nSPS) is 24.0. The zero-order valence-corrected chi connectivity index (χ0v) is 28.5. The topological polar surface area (TPSA) is 92.8 Å². The highest BCUT2D eigenvalue weighted by Gasteiger charge is 2.75. The van der Waals surface area contributed by atoms with Crippen LogP contribution in [0.4, 0.5) is 0 Å². The van der Waals surface area contributed by atoms with Crippen molar-refractivity contribution < 1.29 is 23.3 Å². The summed E-state index contributed by atoms with van der Waals surface area (Å²) < 4.78 is 20.9. The molecule has 7 nitrogen and oxygen atoms in total. The highest BCUT2D eigenvalue weighted by atomic mass is 32.2. The van der Waals surface area contributed by atoms with E-state index in [1.165, 1.54) is 4.90 Å². The lowest BCUT2D eigenvalue weighted by Crippen LogP contribution is -2.85. The summed E-state index contributed by atoms with van der Waals surface area (Å²) in [5.41, 5.74) is 2.36. The molecule has 2 heterocycles. The molecule has 2 saturated heterocycles. The van der Waals surface area contributed by atoms with Gasteiger partial charge < -0.3 is 15.0 Å². The summed E-state index contributed by atoms with van der Waals surface area (Å²) in [5.74, 6) is -1.13. The Morgan fingerprint density at radius 3 is 1.61 bits per heavy atom. The molecule has 2 aliphatic rings.